The smallest absolute Gasteiger partial charge is 0.238 e. The second kappa shape index (κ2) is 6.70. The lowest BCUT2D eigenvalue weighted by molar-refractivity contribution is 0.453. The molecule has 0 aliphatic heterocycles. The van der Waals surface area contributed by atoms with E-state index in [9.17, 15) is 0 Å². The fourth-order valence-electron chi connectivity index (χ4n) is 1.42. The van der Waals surface area contributed by atoms with E-state index in [1.165, 1.54) is 0 Å². The van der Waals surface area contributed by atoms with Crippen LogP contribution >= 0.6 is 23.2 Å². The second-order valence-corrected chi connectivity index (χ2v) is 4.66. The maximum absolute atomic E-state index is 6.01. The third kappa shape index (κ3) is 4.06. The molecule has 0 saturated carbocycles. The molecule has 6 heteroatoms. The molecular weight excluding hydrogens is 285 g/mol. The Bertz CT molecular complexity index is 546. The van der Waals surface area contributed by atoms with E-state index in [0.717, 1.165) is 12.2 Å². The van der Waals surface area contributed by atoms with Crippen LogP contribution in [0.25, 0.3) is 0 Å². The standard InChI is InChI=1S/C13H13Cl2N3O/c1-2-16-8-10-4-6-13(18-17-10)19-12-5-3-9(14)7-11(12)15/h3-7,16H,2,8H2,1H3. The molecule has 0 atom stereocenters. The Kier molecular flexibility index (Phi) is 4.96. The molecule has 0 fully saturated rings. The minimum absolute atomic E-state index is 0.393. The molecule has 0 radical (unpaired) electrons. The minimum atomic E-state index is 0.393. The zero-order valence-electron chi connectivity index (χ0n) is 10.4. The third-order valence-electron chi connectivity index (χ3n) is 2.36. The Morgan fingerprint density at radius 3 is 2.63 bits per heavy atom. The van der Waals surface area contributed by atoms with Crippen LogP contribution in [0.4, 0.5) is 0 Å². The summed E-state index contributed by atoms with van der Waals surface area (Å²) in [5, 5.41) is 12.2. The Balaban J connectivity index is 2.06. The Morgan fingerprint density at radius 2 is 2.00 bits per heavy atom. The molecular formula is C13H13Cl2N3O. The lowest BCUT2D eigenvalue weighted by atomic mass is 10.3. The molecule has 0 aliphatic carbocycles. The van der Waals surface area contributed by atoms with Crippen LogP contribution < -0.4 is 10.1 Å². The molecule has 0 saturated heterocycles. The van der Waals surface area contributed by atoms with Gasteiger partial charge in [-0.15, -0.1) is 5.10 Å². The van der Waals surface area contributed by atoms with Crippen LogP contribution in [-0.4, -0.2) is 16.7 Å². The third-order valence-corrected chi connectivity index (χ3v) is 2.89. The van der Waals surface area contributed by atoms with Crippen LogP contribution in [0.2, 0.25) is 10.0 Å². The number of hydrogen-bond acceptors (Lipinski definition) is 4. The first-order valence-electron chi connectivity index (χ1n) is 5.85. The maximum atomic E-state index is 6.01. The van der Waals surface area contributed by atoms with Gasteiger partial charge in [-0.2, -0.15) is 5.10 Å². The molecule has 1 heterocycles. The number of nitrogens with zero attached hydrogens (tertiary/aromatic N) is 2. The summed E-state index contributed by atoms with van der Waals surface area (Å²) < 4.78 is 5.54. The molecule has 1 N–H and O–H groups in total. The predicted molar refractivity (Wildman–Crippen MR) is 75.9 cm³/mol. The van der Waals surface area contributed by atoms with Crippen molar-refractivity contribution in [1.82, 2.24) is 15.5 Å². The summed E-state index contributed by atoms with van der Waals surface area (Å²) in [4.78, 5) is 0. The summed E-state index contributed by atoms with van der Waals surface area (Å²) >= 11 is 11.8. The molecule has 1 aromatic carbocycles. The van der Waals surface area contributed by atoms with E-state index in [1.54, 1.807) is 24.3 Å². The second-order valence-electron chi connectivity index (χ2n) is 3.82. The molecule has 0 bridgehead atoms. The number of nitrogens with one attached hydrogen (secondary N) is 1. The summed E-state index contributed by atoms with van der Waals surface area (Å²) in [5.41, 5.74) is 0.858. The van der Waals surface area contributed by atoms with Crippen molar-refractivity contribution < 1.29 is 4.74 Å². The van der Waals surface area contributed by atoms with E-state index in [1.807, 2.05) is 13.0 Å². The van der Waals surface area contributed by atoms with Gasteiger partial charge in [0.1, 0.15) is 5.75 Å². The van der Waals surface area contributed by atoms with Crippen LogP contribution in [0, 0.1) is 0 Å². The molecule has 1 aromatic heterocycles. The minimum Gasteiger partial charge on any atom is -0.436 e. The van der Waals surface area contributed by atoms with Gasteiger partial charge in [-0.05, 0) is 30.8 Å². The van der Waals surface area contributed by atoms with Gasteiger partial charge in [0.15, 0.2) is 0 Å². The molecule has 2 rings (SSSR count). The van der Waals surface area contributed by atoms with Gasteiger partial charge >= 0.3 is 0 Å². The van der Waals surface area contributed by atoms with Gasteiger partial charge in [0.05, 0.1) is 10.7 Å². The normalized spacial score (nSPS) is 10.5. The molecule has 0 aliphatic rings. The Labute approximate surface area is 121 Å². The van der Waals surface area contributed by atoms with E-state index >= 15 is 0 Å². The van der Waals surface area contributed by atoms with Crippen molar-refractivity contribution in [2.24, 2.45) is 0 Å². The van der Waals surface area contributed by atoms with Crippen molar-refractivity contribution in [3.8, 4) is 11.6 Å². The largest absolute Gasteiger partial charge is 0.436 e. The summed E-state index contributed by atoms with van der Waals surface area (Å²) in [6.07, 6.45) is 0. The predicted octanol–water partition coefficient (Wildman–Crippen LogP) is 3.69. The van der Waals surface area contributed by atoms with Gasteiger partial charge in [0.2, 0.25) is 5.88 Å². The van der Waals surface area contributed by atoms with Gasteiger partial charge < -0.3 is 10.1 Å². The van der Waals surface area contributed by atoms with E-state index in [-0.39, 0.29) is 0 Å². The van der Waals surface area contributed by atoms with Gasteiger partial charge in [0.25, 0.3) is 0 Å². The molecule has 4 nitrogen and oxygen atoms in total. The van der Waals surface area contributed by atoms with E-state index in [4.69, 9.17) is 27.9 Å². The first-order valence-corrected chi connectivity index (χ1v) is 6.61. The van der Waals surface area contributed by atoms with Crippen molar-refractivity contribution in [1.29, 1.82) is 0 Å². The number of aromatic nitrogens is 2. The zero-order chi connectivity index (χ0) is 13.7. The number of hydrogen-bond donors (Lipinski definition) is 1. The average Bonchev–Trinajstić information content (AvgIpc) is 2.41. The van der Waals surface area contributed by atoms with Crippen molar-refractivity contribution >= 4 is 23.2 Å². The molecule has 0 amide bonds. The maximum Gasteiger partial charge on any atom is 0.238 e. The summed E-state index contributed by atoms with van der Waals surface area (Å²) in [5.74, 6) is 0.893. The molecule has 0 unspecified atom stereocenters. The fourth-order valence-corrected chi connectivity index (χ4v) is 1.87. The first kappa shape index (κ1) is 14.1. The van der Waals surface area contributed by atoms with E-state index in [0.29, 0.717) is 28.2 Å². The van der Waals surface area contributed by atoms with Crippen LogP contribution in [0.15, 0.2) is 30.3 Å². The summed E-state index contributed by atoms with van der Waals surface area (Å²) in [6, 6.07) is 8.62. The van der Waals surface area contributed by atoms with Crippen LogP contribution in [0.5, 0.6) is 11.6 Å². The number of ether oxygens (including phenoxy) is 1. The van der Waals surface area contributed by atoms with Gasteiger partial charge in [-0.25, -0.2) is 0 Å². The first-order chi connectivity index (χ1) is 9.19. The Hall–Kier alpha value is -1.36. The zero-order valence-corrected chi connectivity index (χ0v) is 11.9. The molecule has 2 aromatic rings. The highest BCUT2D eigenvalue weighted by Gasteiger charge is 2.05. The topological polar surface area (TPSA) is 47.0 Å². The SMILES string of the molecule is CCNCc1ccc(Oc2ccc(Cl)cc2Cl)nn1. The van der Waals surface area contributed by atoms with Gasteiger partial charge in [-0.1, -0.05) is 30.1 Å². The van der Waals surface area contributed by atoms with E-state index in [2.05, 4.69) is 15.5 Å². The van der Waals surface area contributed by atoms with Crippen LogP contribution in [0.3, 0.4) is 0 Å². The highest BCUT2D eigenvalue weighted by molar-refractivity contribution is 6.35. The van der Waals surface area contributed by atoms with E-state index < -0.39 is 0 Å². The monoisotopic (exact) mass is 297 g/mol. The average molecular weight is 298 g/mol. The van der Waals surface area contributed by atoms with Crippen LogP contribution in [0.1, 0.15) is 12.6 Å². The molecule has 0 spiro atoms. The molecule has 19 heavy (non-hydrogen) atoms. The fraction of sp³-hybridized carbons (Fsp3) is 0.231. The van der Waals surface area contributed by atoms with Gasteiger partial charge in [0, 0.05) is 17.6 Å². The number of benzene rings is 1. The Morgan fingerprint density at radius 1 is 1.16 bits per heavy atom. The lowest BCUT2D eigenvalue weighted by Gasteiger charge is -2.07. The number of rotatable bonds is 5. The lowest BCUT2D eigenvalue weighted by Crippen LogP contribution is -2.13. The van der Waals surface area contributed by atoms with Crippen molar-refractivity contribution in [2.75, 3.05) is 6.54 Å². The van der Waals surface area contributed by atoms with Gasteiger partial charge in [-0.3, -0.25) is 0 Å². The van der Waals surface area contributed by atoms with Crippen molar-refractivity contribution in [3.05, 3.63) is 46.1 Å². The highest BCUT2D eigenvalue weighted by atomic mass is 35.5. The number of halogens is 2. The quantitative estimate of drug-likeness (QED) is 0.914. The highest BCUT2D eigenvalue weighted by Crippen LogP contribution is 2.30. The van der Waals surface area contributed by atoms with Crippen LogP contribution in [-0.2, 0) is 6.54 Å². The summed E-state index contributed by atoms with van der Waals surface area (Å²) in [7, 11) is 0. The summed E-state index contributed by atoms with van der Waals surface area (Å²) in [6.45, 7) is 3.61. The molecule has 100 valence electrons. The van der Waals surface area contributed by atoms with Crippen molar-refractivity contribution in [2.45, 2.75) is 13.5 Å². The van der Waals surface area contributed by atoms with Crippen molar-refractivity contribution in [3.63, 3.8) is 0 Å².